The molecule has 0 heterocycles. The van der Waals surface area contributed by atoms with Gasteiger partial charge in [0.05, 0.1) is 0 Å². The molecule has 308 valence electrons. The molecule has 0 aromatic heterocycles. The molecule has 0 unspecified atom stereocenters. The molecular formula is C46H88O6. The van der Waals surface area contributed by atoms with E-state index in [9.17, 15) is 14.4 Å². The minimum Gasteiger partial charge on any atom is -0.462 e. The summed E-state index contributed by atoms with van der Waals surface area (Å²) < 4.78 is 16.7. The number of esters is 3. The lowest BCUT2D eigenvalue weighted by Crippen LogP contribution is -2.30. The van der Waals surface area contributed by atoms with Crippen molar-refractivity contribution >= 4 is 17.9 Å². The third-order valence-corrected chi connectivity index (χ3v) is 10.4. The number of carbonyl (C=O) groups excluding carboxylic acids is 3. The number of ether oxygens (including phenoxy) is 3. The van der Waals surface area contributed by atoms with E-state index in [-0.39, 0.29) is 31.1 Å². The van der Waals surface area contributed by atoms with Crippen molar-refractivity contribution in [2.24, 2.45) is 0 Å². The maximum atomic E-state index is 12.7. The van der Waals surface area contributed by atoms with Crippen molar-refractivity contribution in [1.29, 1.82) is 0 Å². The first-order valence-electron chi connectivity index (χ1n) is 23.0. The SMILES string of the molecule is CCCCCCCCCCCCCCCC(=O)OC[C@@H](COC(=O)CCCCCCCCCCC)OC(=O)CCCCCCCCCCCCCC. The Labute approximate surface area is 323 Å². The van der Waals surface area contributed by atoms with Gasteiger partial charge in [0, 0.05) is 19.3 Å². The van der Waals surface area contributed by atoms with Gasteiger partial charge in [0.25, 0.3) is 0 Å². The summed E-state index contributed by atoms with van der Waals surface area (Å²) in [6.07, 6.45) is 42.2. The largest absolute Gasteiger partial charge is 0.462 e. The van der Waals surface area contributed by atoms with E-state index in [1.807, 2.05) is 0 Å². The summed E-state index contributed by atoms with van der Waals surface area (Å²) in [6, 6.07) is 0. The predicted molar refractivity (Wildman–Crippen MR) is 220 cm³/mol. The van der Waals surface area contributed by atoms with Crippen molar-refractivity contribution in [3.63, 3.8) is 0 Å². The van der Waals surface area contributed by atoms with Crippen LogP contribution in [0.3, 0.4) is 0 Å². The molecule has 0 saturated carbocycles. The number of unbranched alkanes of at least 4 members (excludes halogenated alkanes) is 31. The molecule has 0 aromatic carbocycles. The summed E-state index contributed by atoms with van der Waals surface area (Å²) in [5, 5.41) is 0. The highest BCUT2D eigenvalue weighted by Gasteiger charge is 2.19. The number of hydrogen-bond donors (Lipinski definition) is 0. The van der Waals surface area contributed by atoms with Gasteiger partial charge in [0.1, 0.15) is 13.2 Å². The van der Waals surface area contributed by atoms with Crippen molar-refractivity contribution in [2.45, 2.75) is 264 Å². The van der Waals surface area contributed by atoms with E-state index < -0.39 is 6.10 Å². The van der Waals surface area contributed by atoms with E-state index in [0.29, 0.717) is 19.3 Å². The summed E-state index contributed by atoms with van der Waals surface area (Å²) in [4.78, 5) is 37.6. The number of carbonyl (C=O) groups is 3. The molecule has 0 aliphatic heterocycles. The summed E-state index contributed by atoms with van der Waals surface area (Å²) in [7, 11) is 0. The van der Waals surface area contributed by atoms with Gasteiger partial charge in [-0.3, -0.25) is 14.4 Å². The molecule has 0 fully saturated rings. The summed E-state index contributed by atoms with van der Waals surface area (Å²) >= 11 is 0. The van der Waals surface area contributed by atoms with Crippen molar-refractivity contribution in [3.05, 3.63) is 0 Å². The van der Waals surface area contributed by atoms with Crippen LogP contribution in [0.4, 0.5) is 0 Å². The van der Waals surface area contributed by atoms with Crippen LogP contribution in [-0.4, -0.2) is 37.2 Å². The second-order valence-electron chi connectivity index (χ2n) is 15.7. The van der Waals surface area contributed by atoms with Crippen molar-refractivity contribution in [2.75, 3.05) is 13.2 Å². The lowest BCUT2D eigenvalue weighted by Gasteiger charge is -2.18. The van der Waals surface area contributed by atoms with Crippen molar-refractivity contribution < 1.29 is 28.6 Å². The van der Waals surface area contributed by atoms with Gasteiger partial charge in [-0.05, 0) is 19.3 Å². The van der Waals surface area contributed by atoms with Gasteiger partial charge in [-0.2, -0.15) is 0 Å². The zero-order valence-corrected chi connectivity index (χ0v) is 35.1. The fraction of sp³-hybridized carbons (Fsp3) is 0.935. The van der Waals surface area contributed by atoms with Gasteiger partial charge < -0.3 is 14.2 Å². The first-order valence-corrected chi connectivity index (χ1v) is 23.0. The van der Waals surface area contributed by atoms with Crippen LogP contribution in [-0.2, 0) is 28.6 Å². The van der Waals surface area contributed by atoms with Crippen molar-refractivity contribution in [1.82, 2.24) is 0 Å². The average molecular weight is 737 g/mol. The van der Waals surface area contributed by atoms with Crippen LogP contribution in [0.1, 0.15) is 258 Å². The van der Waals surface area contributed by atoms with Crippen LogP contribution in [0.2, 0.25) is 0 Å². The van der Waals surface area contributed by atoms with E-state index >= 15 is 0 Å². The monoisotopic (exact) mass is 737 g/mol. The van der Waals surface area contributed by atoms with Crippen LogP contribution in [0, 0.1) is 0 Å². The molecule has 6 heteroatoms. The Kier molecular flexibility index (Phi) is 40.9. The standard InChI is InChI=1S/C46H88O6/c1-4-7-10-13-16-19-21-23-25-27-30-33-36-39-45(48)51-42-43(41-50-44(47)38-35-32-29-26-18-15-12-9-6-3)52-46(49)40-37-34-31-28-24-22-20-17-14-11-8-5-2/h43H,4-42H2,1-3H3/t43-/m1/s1. The predicted octanol–water partition coefficient (Wildman–Crippen LogP) is 14.5. The van der Waals surface area contributed by atoms with E-state index in [0.717, 1.165) is 57.8 Å². The molecule has 0 amide bonds. The topological polar surface area (TPSA) is 78.9 Å². The second kappa shape index (κ2) is 42.2. The highest BCUT2D eigenvalue weighted by molar-refractivity contribution is 5.71. The Morgan fingerprint density at radius 2 is 0.519 bits per heavy atom. The molecule has 0 bridgehead atoms. The van der Waals surface area contributed by atoms with Gasteiger partial charge in [0.2, 0.25) is 0 Å². The average Bonchev–Trinajstić information content (AvgIpc) is 3.14. The lowest BCUT2D eigenvalue weighted by molar-refractivity contribution is -0.167. The van der Waals surface area contributed by atoms with Gasteiger partial charge in [-0.15, -0.1) is 0 Å². The van der Waals surface area contributed by atoms with Crippen LogP contribution >= 0.6 is 0 Å². The number of rotatable bonds is 42. The maximum absolute atomic E-state index is 12.7. The molecule has 1 atom stereocenters. The van der Waals surface area contributed by atoms with Gasteiger partial charge in [-0.1, -0.05) is 220 Å². The smallest absolute Gasteiger partial charge is 0.306 e. The molecule has 6 nitrogen and oxygen atoms in total. The number of hydrogen-bond acceptors (Lipinski definition) is 6. The van der Waals surface area contributed by atoms with Crippen molar-refractivity contribution in [3.8, 4) is 0 Å². The van der Waals surface area contributed by atoms with Gasteiger partial charge >= 0.3 is 17.9 Å². The van der Waals surface area contributed by atoms with E-state index in [1.54, 1.807) is 0 Å². The molecular weight excluding hydrogens is 648 g/mol. The zero-order chi connectivity index (χ0) is 38.0. The van der Waals surface area contributed by atoms with Gasteiger partial charge in [-0.25, -0.2) is 0 Å². The molecule has 0 saturated heterocycles. The van der Waals surface area contributed by atoms with Crippen LogP contribution < -0.4 is 0 Å². The van der Waals surface area contributed by atoms with Crippen LogP contribution in [0.25, 0.3) is 0 Å². The normalized spacial score (nSPS) is 11.8. The third-order valence-electron chi connectivity index (χ3n) is 10.4. The van der Waals surface area contributed by atoms with Gasteiger partial charge in [0.15, 0.2) is 6.10 Å². The molecule has 0 N–H and O–H groups in total. The first-order chi connectivity index (χ1) is 25.5. The Hall–Kier alpha value is -1.59. The Bertz CT molecular complexity index is 768. The molecule has 0 aliphatic carbocycles. The minimum absolute atomic E-state index is 0.0627. The fourth-order valence-electron chi connectivity index (χ4n) is 6.85. The molecule has 0 rings (SSSR count). The third kappa shape index (κ3) is 39.6. The molecule has 0 aliphatic rings. The lowest BCUT2D eigenvalue weighted by atomic mass is 10.0. The fourth-order valence-corrected chi connectivity index (χ4v) is 6.85. The van der Waals surface area contributed by atoms with E-state index in [1.165, 1.54) is 161 Å². The van der Waals surface area contributed by atoms with E-state index in [4.69, 9.17) is 14.2 Å². The van der Waals surface area contributed by atoms with E-state index in [2.05, 4.69) is 20.8 Å². The summed E-state index contributed by atoms with van der Waals surface area (Å²) in [5.41, 5.74) is 0. The molecule has 0 aromatic rings. The summed E-state index contributed by atoms with van der Waals surface area (Å²) in [6.45, 7) is 6.63. The summed E-state index contributed by atoms with van der Waals surface area (Å²) in [5.74, 6) is -0.853. The molecule has 0 spiro atoms. The maximum Gasteiger partial charge on any atom is 0.306 e. The van der Waals surface area contributed by atoms with Crippen LogP contribution in [0.5, 0.6) is 0 Å². The first kappa shape index (κ1) is 50.4. The highest BCUT2D eigenvalue weighted by atomic mass is 16.6. The quantitative estimate of drug-likeness (QED) is 0.0353. The Morgan fingerprint density at radius 1 is 0.308 bits per heavy atom. The second-order valence-corrected chi connectivity index (χ2v) is 15.7. The molecule has 52 heavy (non-hydrogen) atoms. The Morgan fingerprint density at radius 3 is 0.769 bits per heavy atom. The van der Waals surface area contributed by atoms with Crippen LogP contribution in [0.15, 0.2) is 0 Å². The highest BCUT2D eigenvalue weighted by Crippen LogP contribution is 2.16. The molecule has 0 radical (unpaired) electrons. The minimum atomic E-state index is -0.757. The Balaban J connectivity index is 4.30. The zero-order valence-electron chi connectivity index (χ0n) is 35.1.